The zero-order chi connectivity index (χ0) is 15.7. The van der Waals surface area contributed by atoms with Gasteiger partial charge in [0, 0.05) is 29.6 Å². The highest BCUT2D eigenvalue weighted by molar-refractivity contribution is 7.99. The van der Waals surface area contributed by atoms with Crippen LogP contribution in [0.15, 0.2) is 45.3 Å². The third kappa shape index (κ3) is 5.62. The number of thiophene rings is 1. The van der Waals surface area contributed by atoms with Crippen molar-refractivity contribution in [2.24, 2.45) is 4.99 Å². The maximum absolute atomic E-state index is 5.38. The van der Waals surface area contributed by atoms with Crippen LogP contribution in [-0.4, -0.2) is 30.1 Å². The molecular weight excluding hydrogens is 326 g/mol. The van der Waals surface area contributed by atoms with Crippen LogP contribution in [0.3, 0.4) is 0 Å². The summed E-state index contributed by atoms with van der Waals surface area (Å²) < 4.78 is 5.38. The number of guanidine groups is 1. The highest BCUT2D eigenvalue weighted by Gasteiger charge is 2.15. The highest BCUT2D eigenvalue weighted by atomic mass is 32.2. The first-order chi connectivity index (χ1) is 11.4. The van der Waals surface area contributed by atoms with Crippen LogP contribution in [0.2, 0.25) is 0 Å². The normalized spacial score (nSPS) is 18.8. The second-order valence-corrected chi connectivity index (χ2v) is 7.74. The smallest absolute Gasteiger partial charge is 0.191 e. The molecule has 124 valence electrons. The number of nitrogens with one attached hydrogen (secondary N) is 2. The molecule has 4 nitrogen and oxygen atoms in total. The summed E-state index contributed by atoms with van der Waals surface area (Å²) in [6, 6.07) is 8.66. The Bertz CT molecular complexity index is 575. The number of nitrogens with zero attached hydrogens (tertiary/aromatic N) is 1. The van der Waals surface area contributed by atoms with Crippen molar-refractivity contribution in [1.82, 2.24) is 10.6 Å². The van der Waals surface area contributed by atoms with Gasteiger partial charge in [-0.2, -0.15) is 11.8 Å². The van der Waals surface area contributed by atoms with Crippen molar-refractivity contribution >= 4 is 29.1 Å². The summed E-state index contributed by atoms with van der Waals surface area (Å²) in [5.41, 5.74) is 0. The molecule has 3 rings (SSSR count). The van der Waals surface area contributed by atoms with Gasteiger partial charge < -0.3 is 15.1 Å². The van der Waals surface area contributed by atoms with E-state index in [2.05, 4.69) is 28.1 Å². The van der Waals surface area contributed by atoms with E-state index in [0.717, 1.165) is 37.0 Å². The van der Waals surface area contributed by atoms with E-state index < -0.39 is 0 Å². The molecule has 0 amide bonds. The van der Waals surface area contributed by atoms with Gasteiger partial charge in [-0.1, -0.05) is 6.07 Å². The lowest BCUT2D eigenvalue weighted by atomic mass is 10.2. The van der Waals surface area contributed by atoms with E-state index in [9.17, 15) is 0 Å². The molecule has 0 bridgehead atoms. The highest BCUT2D eigenvalue weighted by Crippen LogP contribution is 2.17. The summed E-state index contributed by atoms with van der Waals surface area (Å²) in [4.78, 5) is 6.03. The van der Waals surface area contributed by atoms with E-state index in [4.69, 9.17) is 9.41 Å². The quantitative estimate of drug-likeness (QED) is 0.619. The van der Waals surface area contributed by atoms with Crippen LogP contribution in [0.5, 0.6) is 0 Å². The molecule has 23 heavy (non-hydrogen) atoms. The van der Waals surface area contributed by atoms with Gasteiger partial charge in [-0.05, 0) is 42.2 Å². The van der Waals surface area contributed by atoms with Gasteiger partial charge in [-0.25, -0.2) is 4.99 Å². The fourth-order valence-electron chi connectivity index (χ4n) is 2.52. The Hall–Kier alpha value is -1.40. The molecule has 2 N–H and O–H groups in total. The van der Waals surface area contributed by atoms with Gasteiger partial charge in [0.25, 0.3) is 0 Å². The summed E-state index contributed by atoms with van der Waals surface area (Å²) in [7, 11) is 0. The van der Waals surface area contributed by atoms with E-state index in [1.807, 2.05) is 23.9 Å². The molecule has 1 aliphatic heterocycles. The van der Waals surface area contributed by atoms with Crippen LogP contribution in [-0.2, 0) is 13.0 Å². The molecule has 1 fully saturated rings. The molecule has 1 saturated heterocycles. The Kier molecular flexibility index (Phi) is 6.46. The number of hydrogen-bond acceptors (Lipinski definition) is 4. The van der Waals surface area contributed by atoms with Gasteiger partial charge >= 0.3 is 0 Å². The number of rotatable bonds is 6. The molecule has 6 heteroatoms. The number of thioether (sulfide) groups is 1. The molecule has 3 heterocycles. The largest absolute Gasteiger partial charge is 0.469 e. The van der Waals surface area contributed by atoms with Crippen molar-refractivity contribution in [2.45, 2.75) is 31.8 Å². The minimum absolute atomic E-state index is 0.520. The van der Waals surface area contributed by atoms with Gasteiger partial charge in [0.2, 0.25) is 0 Å². The van der Waals surface area contributed by atoms with Crippen LogP contribution in [0.25, 0.3) is 0 Å². The van der Waals surface area contributed by atoms with Crippen LogP contribution in [0.4, 0.5) is 0 Å². The Morgan fingerprint density at radius 3 is 3.09 bits per heavy atom. The molecule has 0 spiro atoms. The first kappa shape index (κ1) is 16.5. The predicted molar refractivity (Wildman–Crippen MR) is 99.4 cm³/mol. The first-order valence-electron chi connectivity index (χ1n) is 8.07. The lowest BCUT2D eigenvalue weighted by Crippen LogP contribution is -2.46. The van der Waals surface area contributed by atoms with Crippen molar-refractivity contribution in [1.29, 1.82) is 0 Å². The van der Waals surface area contributed by atoms with Crippen molar-refractivity contribution in [3.05, 3.63) is 46.5 Å². The summed E-state index contributed by atoms with van der Waals surface area (Å²) in [6.45, 7) is 1.55. The maximum atomic E-state index is 5.38. The van der Waals surface area contributed by atoms with Gasteiger partial charge in [0.05, 0.1) is 12.8 Å². The molecule has 0 saturated carbocycles. The van der Waals surface area contributed by atoms with E-state index in [-0.39, 0.29) is 0 Å². The zero-order valence-electron chi connectivity index (χ0n) is 13.2. The van der Waals surface area contributed by atoms with Gasteiger partial charge in [-0.15, -0.1) is 11.3 Å². The third-order valence-electron chi connectivity index (χ3n) is 3.72. The lowest BCUT2D eigenvalue weighted by Gasteiger charge is -2.24. The summed E-state index contributed by atoms with van der Waals surface area (Å²) in [5.74, 6) is 4.37. The van der Waals surface area contributed by atoms with E-state index in [1.165, 1.54) is 23.5 Å². The van der Waals surface area contributed by atoms with E-state index in [0.29, 0.717) is 6.04 Å². The van der Waals surface area contributed by atoms with Crippen LogP contribution in [0, 0.1) is 0 Å². The summed E-state index contributed by atoms with van der Waals surface area (Å²) in [5, 5.41) is 9.13. The molecule has 1 aliphatic rings. The van der Waals surface area contributed by atoms with Crippen LogP contribution in [0.1, 0.15) is 23.5 Å². The second kappa shape index (κ2) is 9.03. The maximum Gasteiger partial charge on any atom is 0.191 e. The Labute approximate surface area is 145 Å². The Morgan fingerprint density at radius 2 is 2.35 bits per heavy atom. The van der Waals surface area contributed by atoms with Crippen molar-refractivity contribution < 1.29 is 4.42 Å². The van der Waals surface area contributed by atoms with Crippen molar-refractivity contribution in [2.75, 3.05) is 18.1 Å². The zero-order valence-corrected chi connectivity index (χ0v) is 14.8. The van der Waals surface area contributed by atoms with Gasteiger partial charge in [-0.3, -0.25) is 0 Å². The monoisotopic (exact) mass is 349 g/mol. The molecule has 0 radical (unpaired) electrons. The number of hydrogen-bond donors (Lipinski definition) is 2. The van der Waals surface area contributed by atoms with Crippen molar-refractivity contribution in [3.8, 4) is 0 Å². The molecule has 2 aromatic rings. The molecule has 0 aliphatic carbocycles. The number of furan rings is 1. The molecular formula is C17H23N3OS2. The SMILES string of the molecule is c1coc(CCNC(=NCc2cccs2)NC2CCCSC2)c1. The molecule has 0 aromatic carbocycles. The second-order valence-electron chi connectivity index (χ2n) is 5.56. The minimum atomic E-state index is 0.520. The topological polar surface area (TPSA) is 49.6 Å². The van der Waals surface area contributed by atoms with E-state index in [1.54, 1.807) is 17.6 Å². The van der Waals surface area contributed by atoms with Gasteiger partial charge in [0.1, 0.15) is 5.76 Å². The van der Waals surface area contributed by atoms with Crippen LogP contribution >= 0.6 is 23.1 Å². The molecule has 2 aromatic heterocycles. The summed E-state index contributed by atoms with van der Waals surface area (Å²) >= 11 is 3.78. The molecule has 1 unspecified atom stereocenters. The fourth-order valence-corrected chi connectivity index (χ4v) is 4.22. The van der Waals surface area contributed by atoms with Crippen molar-refractivity contribution in [3.63, 3.8) is 0 Å². The number of aliphatic imine (C=N–C) groups is 1. The first-order valence-corrected chi connectivity index (χ1v) is 10.1. The molecule has 1 atom stereocenters. The standard InChI is InChI=1S/C17H23N3OS2/c1-5-15(21-9-1)7-8-18-17(19-12-16-6-3-11-23-16)20-14-4-2-10-22-13-14/h1,3,5-6,9,11,14H,2,4,7-8,10,12-13H2,(H2,18,19,20). The predicted octanol–water partition coefficient (Wildman–Crippen LogP) is 3.51. The average molecular weight is 350 g/mol. The van der Waals surface area contributed by atoms with Crippen LogP contribution < -0.4 is 10.6 Å². The lowest BCUT2D eigenvalue weighted by molar-refractivity contribution is 0.505. The average Bonchev–Trinajstić information content (AvgIpc) is 3.27. The minimum Gasteiger partial charge on any atom is -0.469 e. The Balaban J connectivity index is 1.54. The third-order valence-corrected chi connectivity index (χ3v) is 5.79. The summed E-state index contributed by atoms with van der Waals surface area (Å²) in [6.07, 6.45) is 5.10. The van der Waals surface area contributed by atoms with E-state index >= 15 is 0 Å². The van der Waals surface area contributed by atoms with Gasteiger partial charge in [0.15, 0.2) is 5.96 Å². The Morgan fingerprint density at radius 1 is 1.35 bits per heavy atom. The fraction of sp³-hybridized carbons (Fsp3) is 0.471.